The van der Waals surface area contributed by atoms with E-state index in [-0.39, 0.29) is 11.7 Å². The number of carbonyl (C=O) groups is 1. The highest BCUT2D eigenvalue weighted by molar-refractivity contribution is 7.90. The second kappa shape index (κ2) is 7.28. The van der Waals surface area contributed by atoms with Gasteiger partial charge in [-0.1, -0.05) is 6.07 Å². The van der Waals surface area contributed by atoms with Crippen molar-refractivity contribution in [2.24, 2.45) is 0 Å². The Bertz CT molecular complexity index is 568. The zero-order valence-corrected chi connectivity index (χ0v) is 13.0. The normalized spacial score (nSPS) is 11.2. The first kappa shape index (κ1) is 16.5. The Kier molecular flexibility index (Phi) is 6.01. The van der Waals surface area contributed by atoms with Crippen LogP contribution in [0.15, 0.2) is 18.2 Å². The van der Waals surface area contributed by atoms with Gasteiger partial charge >= 0.3 is 0 Å². The number of nitrogens with one attached hydrogen (secondary N) is 2. The van der Waals surface area contributed by atoms with Gasteiger partial charge in [-0.15, -0.1) is 0 Å². The maximum atomic E-state index is 12.1. The summed E-state index contributed by atoms with van der Waals surface area (Å²) in [6.45, 7) is 5.02. The Morgan fingerprint density at radius 1 is 1.30 bits per heavy atom. The third kappa shape index (κ3) is 5.61. The van der Waals surface area contributed by atoms with Crippen LogP contribution < -0.4 is 10.6 Å². The van der Waals surface area contributed by atoms with Crippen LogP contribution in [-0.4, -0.2) is 39.4 Å². The number of amides is 1. The third-order valence-electron chi connectivity index (χ3n) is 2.76. The first-order chi connectivity index (χ1) is 9.33. The maximum Gasteiger partial charge on any atom is 0.253 e. The van der Waals surface area contributed by atoms with Gasteiger partial charge in [-0.25, -0.2) is 8.42 Å². The lowest BCUT2D eigenvalue weighted by Crippen LogP contribution is -2.26. The summed E-state index contributed by atoms with van der Waals surface area (Å²) in [6, 6.07) is 5.58. The third-order valence-corrected chi connectivity index (χ3v) is 3.79. The second-order valence-corrected chi connectivity index (χ2v) is 7.08. The molecule has 0 bridgehead atoms. The summed E-state index contributed by atoms with van der Waals surface area (Å²) >= 11 is 0. The van der Waals surface area contributed by atoms with Gasteiger partial charge in [-0.05, 0) is 38.0 Å². The monoisotopic (exact) mass is 298 g/mol. The molecule has 0 radical (unpaired) electrons. The van der Waals surface area contributed by atoms with E-state index in [2.05, 4.69) is 10.6 Å². The molecule has 0 atom stereocenters. The first-order valence-electron chi connectivity index (χ1n) is 6.64. The minimum Gasteiger partial charge on any atom is -0.385 e. The average Bonchev–Trinajstić information content (AvgIpc) is 2.34. The van der Waals surface area contributed by atoms with Crippen LogP contribution >= 0.6 is 0 Å². The van der Waals surface area contributed by atoms with Gasteiger partial charge in [0.05, 0.1) is 11.3 Å². The van der Waals surface area contributed by atoms with Gasteiger partial charge in [0, 0.05) is 25.0 Å². The molecule has 6 heteroatoms. The SMILES string of the molecule is CCNc1cc(C)ccc1C(=O)NCCCS(C)(=O)=O. The van der Waals surface area contributed by atoms with E-state index in [1.165, 1.54) is 6.26 Å². The molecule has 20 heavy (non-hydrogen) atoms. The lowest BCUT2D eigenvalue weighted by Gasteiger charge is -2.12. The Labute approximate surface area is 120 Å². The van der Waals surface area contributed by atoms with Gasteiger partial charge in [0.1, 0.15) is 9.84 Å². The van der Waals surface area contributed by atoms with E-state index < -0.39 is 9.84 Å². The average molecular weight is 298 g/mol. The summed E-state index contributed by atoms with van der Waals surface area (Å²) < 4.78 is 22.0. The van der Waals surface area contributed by atoms with E-state index in [0.717, 1.165) is 17.8 Å². The lowest BCUT2D eigenvalue weighted by molar-refractivity contribution is 0.0954. The van der Waals surface area contributed by atoms with Crippen LogP contribution in [0.1, 0.15) is 29.3 Å². The van der Waals surface area contributed by atoms with Crippen LogP contribution in [0.4, 0.5) is 5.69 Å². The standard InChI is InChI=1S/C14H22N2O3S/c1-4-15-13-10-11(2)6-7-12(13)14(17)16-8-5-9-20(3,18)19/h6-7,10,15H,4-5,8-9H2,1-3H3,(H,16,17). The summed E-state index contributed by atoms with van der Waals surface area (Å²) in [6.07, 6.45) is 1.62. The van der Waals surface area contributed by atoms with Gasteiger partial charge < -0.3 is 10.6 Å². The number of aryl methyl sites for hydroxylation is 1. The van der Waals surface area contributed by atoms with Gasteiger partial charge in [0.2, 0.25) is 0 Å². The molecule has 0 unspecified atom stereocenters. The van der Waals surface area contributed by atoms with Crippen LogP contribution in [0, 0.1) is 6.92 Å². The van der Waals surface area contributed by atoms with Crippen molar-refractivity contribution >= 4 is 21.4 Å². The molecule has 0 heterocycles. The molecule has 112 valence electrons. The minimum atomic E-state index is -2.97. The molecular weight excluding hydrogens is 276 g/mol. The Balaban J connectivity index is 2.63. The van der Waals surface area contributed by atoms with Crippen LogP contribution in [0.25, 0.3) is 0 Å². The number of sulfone groups is 1. The van der Waals surface area contributed by atoms with E-state index in [1.54, 1.807) is 6.07 Å². The fourth-order valence-electron chi connectivity index (χ4n) is 1.82. The van der Waals surface area contributed by atoms with E-state index >= 15 is 0 Å². The number of carbonyl (C=O) groups excluding carboxylic acids is 1. The van der Waals surface area contributed by atoms with Gasteiger partial charge in [-0.2, -0.15) is 0 Å². The van der Waals surface area contributed by atoms with Crippen LogP contribution in [0.2, 0.25) is 0 Å². The molecular formula is C14H22N2O3S. The van der Waals surface area contributed by atoms with E-state index in [4.69, 9.17) is 0 Å². The van der Waals surface area contributed by atoms with E-state index in [0.29, 0.717) is 18.5 Å². The van der Waals surface area contributed by atoms with Crippen molar-refractivity contribution in [1.82, 2.24) is 5.32 Å². The molecule has 2 N–H and O–H groups in total. The highest BCUT2D eigenvalue weighted by atomic mass is 32.2. The summed E-state index contributed by atoms with van der Waals surface area (Å²) in [7, 11) is -2.97. The Morgan fingerprint density at radius 3 is 2.60 bits per heavy atom. The molecule has 0 aliphatic carbocycles. The zero-order chi connectivity index (χ0) is 15.2. The Hall–Kier alpha value is -1.56. The molecule has 0 aliphatic rings. The molecule has 0 aromatic heterocycles. The quantitative estimate of drug-likeness (QED) is 0.750. The number of hydrogen-bond acceptors (Lipinski definition) is 4. The van der Waals surface area contributed by atoms with Crippen molar-refractivity contribution in [2.45, 2.75) is 20.3 Å². The molecule has 0 saturated heterocycles. The maximum absolute atomic E-state index is 12.1. The Morgan fingerprint density at radius 2 is 2.00 bits per heavy atom. The lowest BCUT2D eigenvalue weighted by atomic mass is 10.1. The van der Waals surface area contributed by atoms with E-state index in [1.807, 2.05) is 26.0 Å². The fraction of sp³-hybridized carbons (Fsp3) is 0.500. The van der Waals surface area contributed by atoms with Gasteiger partial charge in [0.25, 0.3) is 5.91 Å². The molecule has 0 aliphatic heterocycles. The highest BCUT2D eigenvalue weighted by Gasteiger charge is 2.11. The molecule has 1 rings (SSSR count). The van der Waals surface area contributed by atoms with E-state index in [9.17, 15) is 13.2 Å². The van der Waals surface area contributed by atoms with Crippen molar-refractivity contribution < 1.29 is 13.2 Å². The molecule has 1 aromatic rings. The minimum absolute atomic E-state index is 0.0846. The number of hydrogen-bond donors (Lipinski definition) is 2. The van der Waals surface area contributed by atoms with Gasteiger partial charge in [0.15, 0.2) is 0 Å². The largest absolute Gasteiger partial charge is 0.385 e. The number of benzene rings is 1. The van der Waals surface area contributed by atoms with Gasteiger partial charge in [-0.3, -0.25) is 4.79 Å². The second-order valence-electron chi connectivity index (χ2n) is 4.82. The molecule has 0 saturated carbocycles. The smallest absolute Gasteiger partial charge is 0.253 e. The summed E-state index contributed by atoms with van der Waals surface area (Å²) in [5.74, 6) is -0.101. The molecule has 0 spiro atoms. The predicted molar refractivity (Wildman–Crippen MR) is 82.0 cm³/mol. The predicted octanol–water partition coefficient (Wildman–Crippen LogP) is 1.59. The molecule has 0 fully saturated rings. The summed E-state index contributed by atoms with van der Waals surface area (Å²) in [5.41, 5.74) is 2.46. The van der Waals surface area contributed by atoms with Crippen molar-refractivity contribution in [3.8, 4) is 0 Å². The summed E-state index contributed by atoms with van der Waals surface area (Å²) in [5, 5.41) is 5.90. The number of anilines is 1. The van der Waals surface area contributed by atoms with Crippen molar-refractivity contribution in [2.75, 3.05) is 30.4 Å². The van der Waals surface area contributed by atoms with Crippen LogP contribution in [-0.2, 0) is 9.84 Å². The molecule has 1 aromatic carbocycles. The summed E-state index contributed by atoms with van der Waals surface area (Å²) in [4.78, 5) is 12.1. The highest BCUT2D eigenvalue weighted by Crippen LogP contribution is 2.17. The van der Waals surface area contributed by atoms with Crippen LogP contribution in [0.3, 0.4) is 0 Å². The topological polar surface area (TPSA) is 75.3 Å². The van der Waals surface area contributed by atoms with Crippen molar-refractivity contribution in [1.29, 1.82) is 0 Å². The van der Waals surface area contributed by atoms with Crippen molar-refractivity contribution in [3.63, 3.8) is 0 Å². The zero-order valence-electron chi connectivity index (χ0n) is 12.2. The van der Waals surface area contributed by atoms with Crippen LogP contribution in [0.5, 0.6) is 0 Å². The number of rotatable bonds is 7. The molecule has 5 nitrogen and oxygen atoms in total. The molecule has 1 amide bonds. The van der Waals surface area contributed by atoms with Crippen molar-refractivity contribution in [3.05, 3.63) is 29.3 Å². The fourth-order valence-corrected chi connectivity index (χ4v) is 2.49. The first-order valence-corrected chi connectivity index (χ1v) is 8.70.